The molecule has 0 saturated carbocycles. The van der Waals surface area contributed by atoms with E-state index < -0.39 is 32.6 Å². The van der Waals surface area contributed by atoms with Crippen molar-refractivity contribution in [1.29, 1.82) is 0 Å². The fourth-order valence-electron chi connectivity index (χ4n) is 4.69. The highest BCUT2D eigenvalue weighted by atomic mass is 35.5. The fourth-order valence-corrected chi connectivity index (χ4v) is 6.49. The standard InChI is InChI=1S/C28H23F4N3O3S.ClH/c29-23-3-1-2-4-26(23)39(37,38)21-12-15-35(16-13-21)27(36)18-5-8-20(9-6-18)34-24-11-14-33-25-17-19(28(30,31)32)7-10-22(24)25;/h1-11,14,17,21H,12-13,15-16H2,(H,33,34);1H. The van der Waals surface area contributed by atoms with Crippen LogP contribution in [0.25, 0.3) is 10.9 Å². The van der Waals surface area contributed by atoms with Crippen molar-refractivity contribution in [2.75, 3.05) is 18.4 Å². The number of anilines is 2. The number of carbonyl (C=O) groups is 1. The van der Waals surface area contributed by atoms with Crippen LogP contribution in [0, 0.1) is 5.82 Å². The summed E-state index contributed by atoms with van der Waals surface area (Å²) in [6, 6.07) is 16.9. The van der Waals surface area contributed by atoms with Crippen LogP contribution in [0.5, 0.6) is 0 Å². The first kappa shape index (κ1) is 29.3. The first-order valence-electron chi connectivity index (χ1n) is 12.1. The van der Waals surface area contributed by atoms with Crippen molar-refractivity contribution in [3.8, 4) is 0 Å². The highest BCUT2D eigenvalue weighted by molar-refractivity contribution is 7.92. The largest absolute Gasteiger partial charge is 0.416 e. The monoisotopic (exact) mass is 593 g/mol. The van der Waals surface area contributed by atoms with Gasteiger partial charge in [-0.1, -0.05) is 18.2 Å². The van der Waals surface area contributed by atoms with Crippen LogP contribution in [0.1, 0.15) is 28.8 Å². The second-order valence-electron chi connectivity index (χ2n) is 9.26. The van der Waals surface area contributed by atoms with Crippen molar-refractivity contribution in [3.05, 3.63) is 95.9 Å². The molecule has 0 unspecified atom stereocenters. The molecule has 1 aliphatic heterocycles. The molecule has 0 bridgehead atoms. The van der Waals surface area contributed by atoms with Crippen molar-refractivity contribution in [2.24, 2.45) is 0 Å². The molecule has 1 aromatic heterocycles. The Kier molecular flexibility index (Phi) is 8.36. The van der Waals surface area contributed by atoms with Crippen LogP contribution >= 0.6 is 12.4 Å². The Morgan fingerprint density at radius 3 is 2.27 bits per heavy atom. The number of halogens is 5. The summed E-state index contributed by atoms with van der Waals surface area (Å²) >= 11 is 0. The van der Waals surface area contributed by atoms with Crippen LogP contribution in [-0.4, -0.2) is 42.5 Å². The van der Waals surface area contributed by atoms with Crippen molar-refractivity contribution >= 4 is 50.4 Å². The van der Waals surface area contributed by atoms with E-state index in [0.29, 0.717) is 22.3 Å². The molecule has 0 spiro atoms. The minimum Gasteiger partial charge on any atom is -0.355 e. The summed E-state index contributed by atoms with van der Waals surface area (Å²) in [7, 11) is -3.85. The lowest BCUT2D eigenvalue weighted by Gasteiger charge is -2.32. The Morgan fingerprint density at radius 1 is 0.950 bits per heavy atom. The zero-order valence-electron chi connectivity index (χ0n) is 20.9. The van der Waals surface area contributed by atoms with Gasteiger partial charge in [0.15, 0.2) is 9.84 Å². The summed E-state index contributed by atoms with van der Waals surface area (Å²) in [6.45, 7) is 0.445. The molecule has 40 heavy (non-hydrogen) atoms. The number of benzene rings is 3. The third-order valence-electron chi connectivity index (χ3n) is 6.79. The predicted molar refractivity (Wildman–Crippen MR) is 146 cm³/mol. The number of rotatable bonds is 5. The van der Waals surface area contributed by atoms with Gasteiger partial charge in [-0.25, -0.2) is 12.8 Å². The van der Waals surface area contributed by atoms with Gasteiger partial charge in [-0.3, -0.25) is 9.78 Å². The molecule has 6 nitrogen and oxygen atoms in total. The molecule has 5 rings (SSSR count). The Balaban J connectivity index is 0.00000370. The number of piperidine rings is 1. The number of hydrogen-bond donors (Lipinski definition) is 1. The number of nitrogens with zero attached hydrogens (tertiary/aromatic N) is 2. The molecule has 0 aliphatic carbocycles. The maximum Gasteiger partial charge on any atom is 0.416 e. The molecule has 4 aromatic rings. The van der Waals surface area contributed by atoms with Crippen molar-refractivity contribution < 1.29 is 30.8 Å². The molecule has 12 heteroatoms. The summed E-state index contributed by atoms with van der Waals surface area (Å²) in [6.07, 6.45) is -2.65. The minimum atomic E-state index is -4.47. The number of nitrogens with one attached hydrogen (secondary N) is 1. The highest BCUT2D eigenvalue weighted by Gasteiger charge is 2.34. The van der Waals surface area contributed by atoms with Crippen molar-refractivity contribution in [1.82, 2.24) is 9.88 Å². The van der Waals surface area contributed by atoms with Gasteiger partial charge in [0, 0.05) is 41.6 Å². The Morgan fingerprint density at radius 2 is 1.62 bits per heavy atom. The number of hydrogen-bond acceptors (Lipinski definition) is 5. The van der Waals surface area contributed by atoms with E-state index in [1.807, 2.05) is 0 Å². The summed E-state index contributed by atoms with van der Waals surface area (Å²) in [5.74, 6) is -1.03. The molecule has 0 atom stereocenters. The Hall–Kier alpha value is -3.70. The predicted octanol–water partition coefficient (Wildman–Crippen LogP) is 6.64. The summed E-state index contributed by atoms with van der Waals surface area (Å²) in [4.78, 5) is 18.3. The van der Waals surface area contributed by atoms with Crippen molar-refractivity contribution in [2.45, 2.75) is 29.2 Å². The Bertz CT molecular complexity index is 1640. The van der Waals surface area contributed by atoms with Crippen LogP contribution in [-0.2, 0) is 16.0 Å². The lowest BCUT2D eigenvalue weighted by molar-refractivity contribution is -0.137. The number of fused-ring (bicyclic) bond motifs is 1. The molecular weight excluding hydrogens is 570 g/mol. The molecule has 1 fully saturated rings. The molecule has 1 amide bonds. The molecule has 1 aliphatic rings. The van der Waals surface area contributed by atoms with E-state index >= 15 is 0 Å². The maximum absolute atomic E-state index is 14.1. The number of carbonyl (C=O) groups excluding carboxylic acids is 1. The van der Waals surface area contributed by atoms with Crippen molar-refractivity contribution in [3.63, 3.8) is 0 Å². The molecule has 2 heterocycles. The summed E-state index contributed by atoms with van der Waals surface area (Å²) < 4.78 is 79.0. The number of sulfone groups is 1. The number of pyridine rings is 1. The maximum atomic E-state index is 14.1. The van der Waals surface area contributed by atoms with E-state index in [1.54, 1.807) is 35.2 Å². The number of likely N-dealkylation sites (tertiary alicyclic amines) is 1. The number of alkyl halides is 3. The van der Waals surface area contributed by atoms with Crippen LogP contribution in [0.15, 0.2) is 83.9 Å². The van der Waals surface area contributed by atoms with Crippen LogP contribution in [0.3, 0.4) is 0 Å². The molecule has 210 valence electrons. The molecule has 3 aromatic carbocycles. The summed E-state index contributed by atoms with van der Waals surface area (Å²) in [5, 5.41) is 2.89. The van der Waals surface area contributed by atoms with Gasteiger partial charge in [-0.05, 0) is 67.4 Å². The first-order valence-corrected chi connectivity index (χ1v) is 13.7. The number of aromatic nitrogens is 1. The smallest absolute Gasteiger partial charge is 0.355 e. The van der Waals surface area contributed by atoms with Crippen LogP contribution in [0.2, 0.25) is 0 Å². The minimum absolute atomic E-state index is 0. The first-order chi connectivity index (χ1) is 18.5. The van der Waals surface area contributed by atoms with Gasteiger partial charge < -0.3 is 10.2 Å². The Labute approximate surface area is 234 Å². The van der Waals surface area contributed by atoms with Gasteiger partial charge in [0.05, 0.1) is 16.3 Å². The highest BCUT2D eigenvalue weighted by Crippen LogP contribution is 2.33. The van der Waals surface area contributed by atoms with E-state index in [1.165, 1.54) is 30.5 Å². The lowest BCUT2D eigenvalue weighted by Crippen LogP contribution is -2.42. The zero-order valence-corrected chi connectivity index (χ0v) is 22.5. The third-order valence-corrected chi connectivity index (χ3v) is 9.09. The van der Waals surface area contributed by atoms with Gasteiger partial charge in [0.2, 0.25) is 0 Å². The average molecular weight is 594 g/mol. The van der Waals surface area contributed by atoms with E-state index in [0.717, 1.165) is 18.2 Å². The van der Waals surface area contributed by atoms with E-state index in [2.05, 4.69) is 10.3 Å². The zero-order chi connectivity index (χ0) is 27.8. The molecule has 0 radical (unpaired) electrons. The third kappa shape index (κ3) is 5.90. The fraction of sp³-hybridized carbons (Fsp3) is 0.214. The van der Waals surface area contributed by atoms with Crippen LogP contribution < -0.4 is 5.32 Å². The second kappa shape index (κ2) is 11.4. The quantitative estimate of drug-likeness (QED) is 0.263. The average Bonchev–Trinajstić information content (AvgIpc) is 2.93. The van der Waals surface area contributed by atoms with Gasteiger partial charge in [-0.15, -0.1) is 12.4 Å². The molecule has 1 saturated heterocycles. The van der Waals surface area contributed by atoms with E-state index in [4.69, 9.17) is 0 Å². The molecule has 1 N–H and O–H groups in total. The van der Waals surface area contributed by atoms with E-state index in [9.17, 15) is 30.8 Å². The normalized spacial score (nSPS) is 14.6. The van der Waals surface area contributed by atoms with Crippen LogP contribution in [0.4, 0.5) is 28.9 Å². The van der Waals surface area contributed by atoms with Gasteiger partial charge in [0.25, 0.3) is 5.91 Å². The second-order valence-corrected chi connectivity index (χ2v) is 11.5. The summed E-state index contributed by atoms with van der Waals surface area (Å²) in [5.41, 5.74) is 1.00. The lowest BCUT2D eigenvalue weighted by atomic mass is 10.1. The van der Waals surface area contributed by atoms with E-state index in [-0.39, 0.29) is 54.7 Å². The van der Waals surface area contributed by atoms with Gasteiger partial charge >= 0.3 is 6.18 Å². The topological polar surface area (TPSA) is 79.4 Å². The van der Waals surface area contributed by atoms with Gasteiger partial charge in [0.1, 0.15) is 10.7 Å². The number of amides is 1. The SMILES string of the molecule is Cl.O=C(c1ccc(Nc2ccnc3cc(C(F)(F)F)ccc23)cc1)N1CCC(S(=O)(=O)c2ccccc2F)CC1. The molecular formula is C28H24ClF4N3O3S. The van der Waals surface area contributed by atoms with Gasteiger partial charge in [-0.2, -0.15) is 13.2 Å².